The number of hydrogen-bond acceptors (Lipinski definition) is 7. The summed E-state index contributed by atoms with van der Waals surface area (Å²) in [6.45, 7) is 7.63. The monoisotopic (exact) mass is 421 g/mol. The van der Waals surface area contributed by atoms with Crippen molar-refractivity contribution in [1.29, 1.82) is 0 Å². The Balaban J connectivity index is 1.55. The van der Waals surface area contributed by atoms with Crippen molar-refractivity contribution >= 4 is 18.1 Å². The quantitative estimate of drug-likeness (QED) is 0.812. The number of anilines is 1. The zero-order chi connectivity index (χ0) is 21.9. The van der Waals surface area contributed by atoms with E-state index in [1.807, 2.05) is 25.2 Å². The van der Waals surface area contributed by atoms with Crippen molar-refractivity contribution in [2.24, 2.45) is 11.0 Å². The highest BCUT2D eigenvalue weighted by molar-refractivity contribution is 5.92. The fourth-order valence-corrected chi connectivity index (χ4v) is 5.07. The zero-order valence-corrected chi connectivity index (χ0v) is 18.2. The van der Waals surface area contributed by atoms with Crippen molar-refractivity contribution in [2.75, 3.05) is 25.1 Å². The molecule has 1 aromatic carbocycles. The fraction of sp³-hybridized carbons (Fsp3) is 0.478. The first-order valence-corrected chi connectivity index (χ1v) is 10.7. The molecule has 0 amide bonds. The molecule has 8 heteroatoms. The smallest absolute Gasteiger partial charge is 0.335 e. The van der Waals surface area contributed by atoms with Crippen molar-refractivity contribution in [3.8, 4) is 11.1 Å². The molecular weight excluding hydrogens is 394 g/mol. The molecule has 0 aliphatic carbocycles. The van der Waals surface area contributed by atoms with Crippen molar-refractivity contribution in [2.45, 2.75) is 44.9 Å². The summed E-state index contributed by atoms with van der Waals surface area (Å²) in [4.78, 5) is 23.5. The van der Waals surface area contributed by atoms with E-state index in [4.69, 9.17) is 4.74 Å². The molecule has 31 heavy (non-hydrogen) atoms. The Morgan fingerprint density at radius 2 is 2.00 bits per heavy atom. The summed E-state index contributed by atoms with van der Waals surface area (Å²) in [5.74, 6) is -0.0987. The summed E-state index contributed by atoms with van der Waals surface area (Å²) >= 11 is 0. The van der Waals surface area contributed by atoms with Gasteiger partial charge < -0.3 is 14.7 Å². The number of aromatic nitrogens is 2. The molecule has 4 atom stereocenters. The van der Waals surface area contributed by atoms with Crippen LogP contribution in [-0.4, -0.2) is 64.6 Å². The molecule has 3 aliphatic rings. The lowest BCUT2D eigenvalue weighted by Crippen LogP contribution is -2.40. The number of ether oxygens (including phenoxy) is 1. The van der Waals surface area contributed by atoms with Crippen LogP contribution in [0.15, 0.2) is 29.6 Å². The third-order valence-electron chi connectivity index (χ3n) is 7.33. The molecule has 0 spiro atoms. The number of hydrogen-bond donors (Lipinski definition) is 1. The van der Waals surface area contributed by atoms with Crippen LogP contribution in [0.3, 0.4) is 0 Å². The summed E-state index contributed by atoms with van der Waals surface area (Å²) in [6.07, 6.45) is 6.80. The predicted octanol–water partition coefficient (Wildman–Crippen LogP) is 2.91. The molecule has 162 valence electrons. The highest BCUT2D eigenvalue weighted by Crippen LogP contribution is 2.42. The number of nitrogens with zero attached hydrogens (tertiary/aromatic N) is 5. The Morgan fingerprint density at radius 1 is 1.26 bits per heavy atom. The zero-order valence-electron chi connectivity index (χ0n) is 18.2. The average molecular weight is 422 g/mol. The lowest BCUT2D eigenvalue weighted by atomic mass is 9.77. The van der Waals surface area contributed by atoms with E-state index in [1.54, 1.807) is 18.5 Å². The molecule has 4 heterocycles. The van der Waals surface area contributed by atoms with Gasteiger partial charge in [0.05, 0.1) is 29.9 Å². The first-order chi connectivity index (χ1) is 14.8. The van der Waals surface area contributed by atoms with Crippen molar-refractivity contribution in [3.05, 3.63) is 41.2 Å². The maximum atomic E-state index is 12.0. The topological polar surface area (TPSA) is 91.1 Å². The standard InChI is InChI=1S/C23H27N5O3/c1-13-8-26-27(4)23(13,3)20-6-15(5-19(14(20)2)21(29)30)16-9-24-22(25-10-16)28-11-18-7-17(28)12-31-18/h5-6,8-10,13,17-18H,7,11-12H2,1-4H3,(H,29,30)/t13?,17?,18-,23?/m0/s1. The predicted molar refractivity (Wildman–Crippen MR) is 117 cm³/mol. The van der Waals surface area contributed by atoms with Gasteiger partial charge in [-0.1, -0.05) is 6.92 Å². The number of fused-ring (bicyclic) bond motifs is 2. The van der Waals surface area contributed by atoms with Gasteiger partial charge in [-0.2, -0.15) is 5.10 Å². The molecular formula is C23H27N5O3. The molecule has 2 bridgehead atoms. The Bertz CT molecular complexity index is 1060. The Labute approximate surface area is 181 Å². The molecule has 1 N–H and O–H groups in total. The van der Waals surface area contributed by atoms with E-state index in [9.17, 15) is 9.90 Å². The van der Waals surface area contributed by atoms with E-state index in [0.717, 1.165) is 41.8 Å². The van der Waals surface area contributed by atoms with E-state index in [2.05, 4.69) is 39.9 Å². The highest BCUT2D eigenvalue weighted by atomic mass is 16.5. The highest BCUT2D eigenvalue weighted by Gasteiger charge is 2.42. The molecule has 2 saturated heterocycles. The number of carboxylic acids is 1. The number of benzene rings is 1. The second kappa shape index (κ2) is 7.02. The summed E-state index contributed by atoms with van der Waals surface area (Å²) in [7, 11) is 1.93. The van der Waals surface area contributed by atoms with Crippen LogP contribution in [0.5, 0.6) is 0 Å². The Kier molecular flexibility index (Phi) is 4.51. The lowest BCUT2D eigenvalue weighted by molar-refractivity contribution is 0.0695. The number of hydrazone groups is 1. The lowest BCUT2D eigenvalue weighted by Gasteiger charge is -2.37. The van der Waals surface area contributed by atoms with Gasteiger partial charge in [-0.3, -0.25) is 5.01 Å². The number of aromatic carboxylic acids is 1. The molecule has 3 aliphatic heterocycles. The SMILES string of the molecule is Cc1c(C(=O)O)cc(-c2cnc(N3C[C@@H]4CC3CO4)nc2)cc1C1(C)C(C)C=NN1C. The number of carbonyl (C=O) groups is 1. The summed E-state index contributed by atoms with van der Waals surface area (Å²) < 4.78 is 5.67. The van der Waals surface area contributed by atoms with E-state index >= 15 is 0 Å². The van der Waals surface area contributed by atoms with Gasteiger partial charge >= 0.3 is 5.97 Å². The largest absolute Gasteiger partial charge is 0.478 e. The third kappa shape index (κ3) is 3.00. The average Bonchev–Trinajstić information content (AvgIpc) is 3.46. The maximum absolute atomic E-state index is 12.0. The molecule has 3 unspecified atom stereocenters. The minimum absolute atomic E-state index is 0.138. The van der Waals surface area contributed by atoms with Crippen molar-refractivity contribution in [3.63, 3.8) is 0 Å². The second-order valence-corrected chi connectivity index (χ2v) is 8.99. The second-order valence-electron chi connectivity index (χ2n) is 8.99. The van der Waals surface area contributed by atoms with Crippen LogP contribution in [0.25, 0.3) is 11.1 Å². The van der Waals surface area contributed by atoms with Crippen LogP contribution in [0.1, 0.15) is 41.8 Å². The molecule has 5 rings (SSSR count). The minimum atomic E-state index is -0.941. The third-order valence-corrected chi connectivity index (χ3v) is 7.33. The van der Waals surface area contributed by atoms with Crippen LogP contribution in [0.4, 0.5) is 5.95 Å². The van der Waals surface area contributed by atoms with Crippen LogP contribution in [-0.2, 0) is 10.3 Å². The van der Waals surface area contributed by atoms with Gasteiger partial charge in [0, 0.05) is 43.7 Å². The first kappa shape index (κ1) is 19.9. The van der Waals surface area contributed by atoms with E-state index < -0.39 is 11.5 Å². The Morgan fingerprint density at radius 3 is 2.55 bits per heavy atom. The molecule has 2 aromatic rings. The van der Waals surface area contributed by atoms with Gasteiger partial charge in [0.25, 0.3) is 0 Å². The maximum Gasteiger partial charge on any atom is 0.335 e. The summed E-state index contributed by atoms with van der Waals surface area (Å²) in [5.41, 5.74) is 3.16. The van der Waals surface area contributed by atoms with Gasteiger partial charge in [0.1, 0.15) is 0 Å². The first-order valence-electron chi connectivity index (χ1n) is 10.7. The van der Waals surface area contributed by atoms with Gasteiger partial charge in [0.2, 0.25) is 5.95 Å². The van der Waals surface area contributed by atoms with Gasteiger partial charge in [-0.25, -0.2) is 14.8 Å². The Hall–Kier alpha value is -3.00. The van der Waals surface area contributed by atoms with Crippen molar-refractivity contribution in [1.82, 2.24) is 15.0 Å². The molecule has 8 nitrogen and oxygen atoms in total. The van der Waals surface area contributed by atoms with Crippen LogP contribution < -0.4 is 4.90 Å². The van der Waals surface area contributed by atoms with Crippen LogP contribution in [0.2, 0.25) is 0 Å². The molecule has 0 saturated carbocycles. The van der Waals surface area contributed by atoms with E-state index in [0.29, 0.717) is 17.6 Å². The van der Waals surface area contributed by atoms with Crippen LogP contribution in [0, 0.1) is 12.8 Å². The van der Waals surface area contributed by atoms with Gasteiger partial charge in [-0.15, -0.1) is 0 Å². The molecule has 1 aromatic heterocycles. The normalized spacial score (nSPS) is 29.2. The minimum Gasteiger partial charge on any atom is -0.478 e. The van der Waals surface area contributed by atoms with Gasteiger partial charge in [-0.05, 0) is 49.1 Å². The number of carboxylic acid groups (broad SMARTS) is 1. The molecule has 0 radical (unpaired) electrons. The van der Waals surface area contributed by atoms with Gasteiger partial charge in [0.15, 0.2) is 0 Å². The fourth-order valence-electron chi connectivity index (χ4n) is 5.07. The van der Waals surface area contributed by atoms with E-state index in [-0.39, 0.29) is 12.0 Å². The summed E-state index contributed by atoms with van der Waals surface area (Å²) in [6, 6.07) is 4.13. The molecule has 2 fully saturated rings. The van der Waals surface area contributed by atoms with Crippen molar-refractivity contribution < 1.29 is 14.6 Å². The van der Waals surface area contributed by atoms with E-state index in [1.165, 1.54) is 0 Å². The number of morpholine rings is 1. The number of rotatable bonds is 4. The summed E-state index contributed by atoms with van der Waals surface area (Å²) in [5, 5.41) is 16.2. The van der Waals surface area contributed by atoms with Crippen LogP contribution >= 0.6 is 0 Å².